The molecule has 5 heteroatoms. The van der Waals surface area contributed by atoms with E-state index in [4.69, 9.17) is 0 Å². The third-order valence-corrected chi connectivity index (χ3v) is 3.91. The number of hydrogen-bond donors (Lipinski definition) is 1. The zero-order chi connectivity index (χ0) is 15.0. The van der Waals surface area contributed by atoms with Crippen LogP contribution in [0, 0.1) is 0 Å². The van der Waals surface area contributed by atoms with E-state index in [1.807, 2.05) is 32.6 Å². The second-order valence-corrected chi connectivity index (χ2v) is 6.93. The Hall–Kier alpha value is -1.36. The van der Waals surface area contributed by atoms with Gasteiger partial charge >= 0.3 is 0 Å². The highest BCUT2D eigenvalue weighted by Crippen LogP contribution is 2.23. The third-order valence-electron chi connectivity index (χ3n) is 3.91. The highest BCUT2D eigenvalue weighted by Gasteiger charge is 2.27. The van der Waals surface area contributed by atoms with Crippen LogP contribution in [0.2, 0.25) is 0 Å². The SMILES string of the molecule is CC1(O)CCCN(c2nccn(C(C)(C)C)c2=O)CC1. The van der Waals surface area contributed by atoms with E-state index in [0.29, 0.717) is 18.8 Å². The highest BCUT2D eigenvalue weighted by molar-refractivity contribution is 5.36. The molecular weight excluding hydrogens is 254 g/mol. The van der Waals surface area contributed by atoms with E-state index in [0.717, 1.165) is 19.4 Å². The second kappa shape index (κ2) is 5.20. The van der Waals surface area contributed by atoms with Gasteiger partial charge in [-0.25, -0.2) is 4.98 Å². The zero-order valence-corrected chi connectivity index (χ0v) is 12.9. The van der Waals surface area contributed by atoms with Gasteiger partial charge in [-0.3, -0.25) is 4.79 Å². The fourth-order valence-corrected chi connectivity index (χ4v) is 2.62. The van der Waals surface area contributed by atoms with Crippen LogP contribution in [-0.4, -0.2) is 33.3 Å². The van der Waals surface area contributed by atoms with Gasteiger partial charge < -0.3 is 14.6 Å². The van der Waals surface area contributed by atoms with Crippen molar-refractivity contribution in [1.29, 1.82) is 0 Å². The lowest BCUT2D eigenvalue weighted by Crippen LogP contribution is -2.39. The number of aromatic nitrogens is 2. The molecule has 5 nitrogen and oxygen atoms in total. The molecule has 1 atom stereocenters. The van der Waals surface area contributed by atoms with Crippen molar-refractivity contribution >= 4 is 5.82 Å². The van der Waals surface area contributed by atoms with Gasteiger partial charge in [-0.1, -0.05) is 0 Å². The molecule has 2 heterocycles. The monoisotopic (exact) mass is 279 g/mol. The molecule has 1 aromatic rings. The summed E-state index contributed by atoms with van der Waals surface area (Å²) in [5.41, 5.74) is -0.944. The number of rotatable bonds is 1. The van der Waals surface area contributed by atoms with Crippen LogP contribution >= 0.6 is 0 Å². The first-order valence-corrected chi connectivity index (χ1v) is 7.26. The van der Waals surface area contributed by atoms with Crippen LogP contribution in [0.15, 0.2) is 17.2 Å². The first kappa shape index (κ1) is 15.0. The summed E-state index contributed by atoms with van der Waals surface area (Å²) in [6.07, 6.45) is 5.73. The van der Waals surface area contributed by atoms with Crippen LogP contribution in [0.5, 0.6) is 0 Å². The Morgan fingerprint density at radius 2 is 2.00 bits per heavy atom. The summed E-state index contributed by atoms with van der Waals surface area (Å²) in [5, 5.41) is 10.1. The Kier molecular flexibility index (Phi) is 3.91. The minimum atomic E-state index is -0.632. The van der Waals surface area contributed by atoms with Gasteiger partial charge in [-0.05, 0) is 47.0 Å². The van der Waals surface area contributed by atoms with E-state index in [2.05, 4.69) is 4.98 Å². The maximum Gasteiger partial charge on any atom is 0.293 e. The van der Waals surface area contributed by atoms with Crippen molar-refractivity contribution in [2.45, 2.75) is 58.1 Å². The van der Waals surface area contributed by atoms with Crippen molar-refractivity contribution in [3.05, 3.63) is 22.7 Å². The molecule has 0 aromatic carbocycles. The minimum Gasteiger partial charge on any atom is -0.390 e. The highest BCUT2D eigenvalue weighted by atomic mass is 16.3. The van der Waals surface area contributed by atoms with E-state index >= 15 is 0 Å². The molecule has 20 heavy (non-hydrogen) atoms. The molecule has 2 rings (SSSR count). The van der Waals surface area contributed by atoms with Gasteiger partial charge in [0, 0.05) is 31.0 Å². The normalized spacial score (nSPS) is 24.6. The van der Waals surface area contributed by atoms with Gasteiger partial charge in [-0.15, -0.1) is 0 Å². The van der Waals surface area contributed by atoms with Gasteiger partial charge in [0.25, 0.3) is 5.56 Å². The Labute approximate surface area is 120 Å². The van der Waals surface area contributed by atoms with Gasteiger partial charge in [0.1, 0.15) is 0 Å². The summed E-state index contributed by atoms with van der Waals surface area (Å²) in [6, 6.07) is 0. The van der Waals surface area contributed by atoms with Crippen molar-refractivity contribution in [3.63, 3.8) is 0 Å². The molecule has 1 saturated heterocycles. The quantitative estimate of drug-likeness (QED) is 0.850. The first-order valence-electron chi connectivity index (χ1n) is 7.26. The summed E-state index contributed by atoms with van der Waals surface area (Å²) in [7, 11) is 0. The molecular formula is C15H25N3O2. The van der Waals surface area contributed by atoms with Crippen molar-refractivity contribution in [1.82, 2.24) is 9.55 Å². The Bertz CT molecular complexity index is 529. The minimum absolute atomic E-state index is 0.0541. The van der Waals surface area contributed by atoms with Crippen molar-refractivity contribution in [2.24, 2.45) is 0 Å². The van der Waals surface area contributed by atoms with Gasteiger partial charge in [0.2, 0.25) is 0 Å². The van der Waals surface area contributed by atoms with Crippen LogP contribution in [0.25, 0.3) is 0 Å². The average molecular weight is 279 g/mol. The van der Waals surface area contributed by atoms with Gasteiger partial charge in [0.15, 0.2) is 5.82 Å². The first-order chi connectivity index (χ1) is 9.21. The molecule has 1 fully saturated rings. The molecule has 1 aromatic heterocycles. The maximum atomic E-state index is 12.6. The molecule has 112 valence electrons. The molecule has 1 N–H and O–H groups in total. The number of nitrogens with zero attached hydrogens (tertiary/aromatic N) is 3. The van der Waals surface area contributed by atoms with Crippen LogP contribution < -0.4 is 10.5 Å². The van der Waals surface area contributed by atoms with Crippen molar-refractivity contribution in [3.8, 4) is 0 Å². The van der Waals surface area contributed by atoms with Crippen molar-refractivity contribution in [2.75, 3.05) is 18.0 Å². The lowest BCUT2D eigenvalue weighted by Gasteiger charge is -2.26. The fraction of sp³-hybridized carbons (Fsp3) is 0.733. The molecule has 1 unspecified atom stereocenters. The molecule has 0 amide bonds. The Morgan fingerprint density at radius 1 is 1.30 bits per heavy atom. The summed E-state index contributed by atoms with van der Waals surface area (Å²) >= 11 is 0. The summed E-state index contributed by atoms with van der Waals surface area (Å²) in [4.78, 5) is 18.9. The number of anilines is 1. The van der Waals surface area contributed by atoms with Crippen LogP contribution in [0.1, 0.15) is 47.0 Å². The molecule has 0 saturated carbocycles. The number of hydrogen-bond acceptors (Lipinski definition) is 4. The van der Waals surface area contributed by atoms with E-state index < -0.39 is 5.60 Å². The Balaban J connectivity index is 2.32. The van der Waals surface area contributed by atoms with Crippen LogP contribution in [0.4, 0.5) is 5.82 Å². The molecule has 0 spiro atoms. The van der Waals surface area contributed by atoms with E-state index in [9.17, 15) is 9.90 Å². The summed E-state index contributed by atoms with van der Waals surface area (Å²) in [5.74, 6) is 0.500. The lowest BCUT2D eigenvalue weighted by molar-refractivity contribution is 0.0481. The van der Waals surface area contributed by atoms with Crippen LogP contribution in [0.3, 0.4) is 0 Å². The van der Waals surface area contributed by atoms with Gasteiger partial charge in [-0.2, -0.15) is 0 Å². The largest absolute Gasteiger partial charge is 0.390 e. The van der Waals surface area contributed by atoms with E-state index in [1.165, 1.54) is 0 Å². The number of aliphatic hydroxyl groups is 1. The fourth-order valence-electron chi connectivity index (χ4n) is 2.62. The third kappa shape index (κ3) is 3.20. The topological polar surface area (TPSA) is 58.4 Å². The Morgan fingerprint density at radius 3 is 2.65 bits per heavy atom. The predicted octanol–water partition coefficient (Wildman–Crippen LogP) is 1.74. The average Bonchev–Trinajstić information content (AvgIpc) is 2.49. The van der Waals surface area contributed by atoms with Crippen molar-refractivity contribution < 1.29 is 5.11 Å². The van der Waals surface area contributed by atoms with E-state index in [-0.39, 0.29) is 11.1 Å². The standard InChI is InChI=1S/C15H25N3O2/c1-14(2,3)18-11-8-16-12(13(18)19)17-9-5-6-15(4,20)7-10-17/h8,11,20H,5-7,9-10H2,1-4H3. The van der Waals surface area contributed by atoms with E-state index in [1.54, 1.807) is 17.0 Å². The molecule has 0 bridgehead atoms. The maximum absolute atomic E-state index is 12.6. The summed E-state index contributed by atoms with van der Waals surface area (Å²) in [6.45, 7) is 9.32. The molecule has 1 aliphatic rings. The predicted molar refractivity (Wildman–Crippen MR) is 80.2 cm³/mol. The lowest BCUT2D eigenvalue weighted by atomic mass is 9.98. The van der Waals surface area contributed by atoms with Crippen LogP contribution in [-0.2, 0) is 5.54 Å². The van der Waals surface area contributed by atoms with Gasteiger partial charge in [0.05, 0.1) is 5.60 Å². The second-order valence-electron chi connectivity index (χ2n) is 6.93. The molecule has 0 aliphatic carbocycles. The summed E-state index contributed by atoms with van der Waals surface area (Å²) < 4.78 is 1.72. The molecule has 1 aliphatic heterocycles. The smallest absolute Gasteiger partial charge is 0.293 e. The zero-order valence-electron chi connectivity index (χ0n) is 12.9. The molecule has 0 radical (unpaired) electrons.